The van der Waals surface area contributed by atoms with Crippen molar-refractivity contribution in [3.8, 4) is 0 Å². The summed E-state index contributed by atoms with van der Waals surface area (Å²) < 4.78 is 3.17. The molecule has 4 rings (SSSR count). The standard InChI is InChI=1S/C19H18N6O2/c1-24-16-9-5-4-8-15(16)21-17(24)12-20-18(26)10-11-25-19(27)13-6-2-3-7-14(13)22-23-25/h2-9H,10-12H2,1H3,(H,20,26). The monoisotopic (exact) mass is 362 g/mol. The summed E-state index contributed by atoms with van der Waals surface area (Å²) >= 11 is 0. The molecule has 4 aromatic rings. The number of carbonyl (C=O) groups is 1. The van der Waals surface area contributed by atoms with E-state index < -0.39 is 0 Å². The van der Waals surface area contributed by atoms with Crippen LogP contribution in [0.25, 0.3) is 21.9 Å². The molecule has 0 bridgehead atoms. The van der Waals surface area contributed by atoms with E-state index in [1.807, 2.05) is 35.9 Å². The van der Waals surface area contributed by atoms with Gasteiger partial charge in [-0.05, 0) is 24.3 Å². The smallest absolute Gasteiger partial charge is 0.277 e. The molecule has 2 aromatic carbocycles. The number of nitrogens with one attached hydrogen (secondary N) is 1. The second-order valence-corrected chi connectivity index (χ2v) is 6.24. The zero-order valence-corrected chi connectivity index (χ0v) is 14.8. The van der Waals surface area contributed by atoms with Crippen molar-refractivity contribution in [2.75, 3.05) is 0 Å². The molecule has 8 heteroatoms. The first kappa shape index (κ1) is 16.9. The minimum Gasteiger partial charge on any atom is -0.349 e. The normalized spacial score (nSPS) is 11.1. The van der Waals surface area contributed by atoms with Crippen LogP contribution in [-0.4, -0.2) is 30.5 Å². The molecule has 2 aromatic heterocycles. The molecule has 0 radical (unpaired) electrons. The van der Waals surface area contributed by atoms with Crippen LogP contribution in [0.4, 0.5) is 0 Å². The van der Waals surface area contributed by atoms with Crippen molar-refractivity contribution >= 4 is 27.8 Å². The molecule has 1 amide bonds. The fraction of sp³-hybridized carbons (Fsp3) is 0.211. The SMILES string of the molecule is Cn1c(CNC(=O)CCn2nnc3ccccc3c2=O)nc2ccccc21. The minimum absolute atomic E-state index is 0.136. The molecule has 27 heavy (non-hydrogen) atoms. The molecular formula is C19H18N6O2. The first-order valence-corrected chi connectivity index (χ1v) is 8.63. The summed E-state index contributed by atoms with van der Waals surface area (Å²) in [6.45, 7) is 0.493. The van der Waals surface area contributed by atoms with Crippen molar-refractivity contribution in [3.05, 3.63) is 64.7 Å². The highest BCUT2D eigenvalue weighted by Gasteiger charge is 2.10. The number of nitrogens with zero attached hydrogens (tertiary/aromatic N) is 5. The maximum Gasteiger partial charge on any atom is 0.277 e. The number of benzene rings is 2. The molecule has 136 valence electrons. The van der Waals surface area contributed by atoms with E-state index in [4.69, 9.17) is 0 Å². The Morgan fingerprint density at radius 2 is 1.81 bits per heavy atom. The zero-order chi connectivity index (χ0) is 18.8. The van der Waals surface area contributed by atoms with Crippen LogP contribution < -0.4 is 10.9 Å². The van der Waals surface area contributed by atoms with Crippen LogP contribution >= 0.6 is 0 Å². The molecule has 0 fully saturated rings. The molecule has 0 spiro atoms. The highest BCUT2D eigenvalue weighted by Crippen LogP contribution is 2.13. The first-order valence-electron chi connectivity index (χ1n) is 8.63. The lowest BCUT2D eigenvalue weighted by atomic mass is 10.2. The Morgan fingerprint density at radius 3 is 2.63 bits per heavy atom. The Hall–Kier alpha value is -3.55. The van der Waals surface area contributed by atoms with E-state index in [0.717, 1.165) is 16.9 Å². The molecule has 0 atom stereocenters. The van der Waals surface area contributed by atoms with E-state index in [1.165, 1.54) is 4.68 Å². The average Bonchev–Trinajstić information content (AvgIpc) is 3.02. The number of para-hydroxylation sites is 2. The molecule has 1 N–H and O–H groups in total. The number of hydrogen-bond donors (Lipinski definition) is 1. The number of hydrogen-bond acceptors (Lipinski definition) is 5. The van der Waals surface area contributed by atoms with Gasteiger partial charge in [0.15, 0.2) is 0 Å². The van der Waals surface area contributed by atoms with Crippen molar-refractivity contribution in [1.29, 1.82) is 0 Å². The number of aryl methyl sites for hydroxylation is 2. The van der Waals surface area contributed by atoms with Crippen LogP contribution in [-0.2, 0) is 24.9 Å². The number of aromatic nitrogens is 5. The predicted octanol–water partition coefficient (Wildman–Crippen LogP) is 1.38. The van der Waals surface area contributed by atoms with Crippen LogP contribution in [0.5, 0.6) is 0 Å². The summed E-state index contributed by atoms with van der Waals surface area (Å²) in [6, 6.07) is 14.8. The lowest BCUT2D eigenvalue weighted by Gasteiger charge is -2.07. The van der Waals surface area contributed by atoms with Gasteiger partial charge < -0.3 is 9.88 Å². The highest BCUT2D eigenvalue weighted by molar-refractivity contribution is 5.78. The van der Waals surface area contributed by atoms with Crippen LogP contribution in [0.3, 0.4) is 0 Å². The Bertz CT molecular complexity index is 1190. The zero-order valence-electron chi connectivity index (χ0n) is 14.8. The number of amides is 1. The lowest BCUT2D eigenvalue weighted by molar-refractivity contribution is -0.121. The third kappa shape index (κ3) is 3.29. The molecule has 0 saturated heterocycles. The van der Waals surface area contributed by atoms with Crippen LogP contribution in [0.15, 0.2) is 53.3 Å². The van der Waals surface area contributed by atoms with Crippen molar-refractivity contribution in [2.45, 2.75) is 19.5 Å². The second kappa shape index (κ2) is 6.99. The van der Waals surface area contributed by atoms with Gasteiger partial charge in [0.25, 0.3) is 5.56 Å². The van der Waals surface area contributed by atoms with Crippen molar-refractivity contribution < 1.29 is 4.79 Å². The summed E-state index contributed by atoms with van der Waals surface area (Å²) in [4.78, 5) is 29.1. The largest absolute Gasteiger partial charge is 0.349 e. The summed E-state index contributed by atoms with van der Waals surface area (Å²) in [5.41, 5.74) is 2.20. The van der Waals surface area contributed by atoms with Crippen LogP contribution in [0.2, 0.25) is 0 Å². The highest BCUT2D eigenvalue weighted by atomic mass is 16.2. The third-order valence-corrected chi connectivity index (χ3v) is 4.50. The molecule has 0 aliphatic heterocycles. The maximum atomic E-state index is 12.4. The summed E-state index contributed by atoms with van der Waals surface area (Å²) in [7, 11) is 1.92. The molecule has 0 saturated carbocycles. The topological polar surface area (TPSA) is 94.7 Å². The Morgan fingerprint density at radius 1 is 1.07 bits per heavy atom. The fourth-order valence-electron chi connectivity index (χ4n) is 3.00. The molecule has 8 nitrogen and oxygen atoms in total. The second-order valence-electron chi connectivity index (χ2n) is 6.24. The fourth-order valence-corrected chi connectivity index (χ4v) is 3.00. The lowest BCUT2D eigenvalue weighted by Crippen LogP contribution is -2.29. The van der Waals surface area contributed by atoms with E-state index in [1.54, 1.807) is 24.3 Å². The van der Waals surface area contributed by atoms with E-state index in [9.17, 15) is 9.59 Å². The summed E-state index contributed by atoms with van der Waals surface area (Å²) in [6.07, 6.45) is 0.136. The van der Waals surface area contributed by atoms with E-state index in [0.29, 0.717) is 17.4 Å². The maximum absolute atomic E-state index is 12.4. The van der Waals surface area contributed by atoms with Gasteiger partial charge in [-0.2, -0.15) is 0 Å². The molecule has 2 heterocycles. The summed E-state index contributed by atoms with van der Waals surface area (Å²) in [5, 5.41) is 11.2. The van der Waals surface area contributed by atoms with Gasteiger partial charge >= 0.3 is 0 Å². The van der Waals surface area contributed by atoms with Crippen molar-refractivity contribution in [3.63, 3.8) is 0 Å². The van der Waals surface area contributed by atoms with Gasteiger partial charge in [0.2, 0.25) is 5.91 Å². The summed E-state index contributed by atoms with van der Waals surface area (Å²) in [5.74, 6) is 0.594. The minimum atomic E-state index is -0.247. The van der Waals surface area contributed by atoms with Crippen LogP contribution in [0, 0.1) is 0 Å². The van der Waals surface area contributed by atoms with Crippen molar-refractivity contribution in [1.82, 2.24) is 29.9 Å². The molecule has 0 aliphatic carbocycles. The molecule has 0 aliphatic rings. The average molecular weight is 362 g/mol. The van der Waals surface area contributed by atoms with E-state index in [2.05, 4.69) is 20.6 Å². The van der Waals surface area contributed by atoms with Gasteiger partial charge in [0.05, 0.1) is 29.5 Å². The first-order chi connectivity index (χ1) is 13.1. The molecular weight excluding hydrogens is 344 g/mol. The Kier molecular flexibility index (Phi) is 4.37. The Labute approximate surface area is 154 Å². The van der Waals surface area contributed by atoms with Gasteiger partial charge in [0.1, 0.15) is 11.3 Å². The van der Waals surface area contributed by atoms with Gasteiger partial charge in [-0.3, -0.25) is 9.59 Å². The van der Waals surface area contributed by atoms with Gasteiger partial charge in [0, 0.05) is 13.5 Å². The number of fused-ring (bicyclic) bond motifs is 2. The van der Waals surface area contributed by atoms with Crippen LogP contribution in [0.1, 0.15) is 12.2 Å². The van der Waals surface area contributed by atoms with E-state index >= 15 is 0 Å². The van der Waals surface area contributed by atoms with Gasteiger partial charge in [-0.15, -0.1) is 5.10 Å². The van der Waals surface area contributed by atoms with Crippen molar-refractivity contribution in [2.24, 2.45) is 7.05 Å². The quantitative estimate of drug-likeness (QED) is 0.579. The number of carbonyl (C=O) groups excluding carboxylic acids is 1. The number of imidazole rings is 1. The Balaban J connectivity index is 1.40. The number of rotatable bonds is 5. The predicted molar refractivity (Wildman–Crippen MR) is 101 cm³/mol. The van der Waals surface area contributed by atoms with E-state index in [-0.39, 0.29) is 24.4 Å². The van der Waals surface area contributed by atoms with Gasteiger partial charge in [-0.25, -0.2) is 9.67 Å². The molecule has 0 unspecified atom stereocenters. The third-order valence-electron chi connectivity index (χ3n) is 4.50. The van der Waals surface area contributed by atoms with Gasteiger partial charge in [-0.1, -0.05) is 29.5 Å².